The van der Waals surface area contributed by atoms with Crippen LogP contribution in [0.3, 0.4) is 0 Å². The van der Waals surface area contributed by atoms with Crippen molar-refractivity contribution in [1.82, 2.24) is 4.98 Å². The Hall–Kier alpha value is -4.34. The number of ether oxygens (including phenoxy) is 1. The average molecular weight is 688 g/mol. The largest absolute Gasteiger partial charge is 0.490 e. The summed E-state index contributed by atoms with van der Waals surface area (Å²) in [5.41, 5.74) is 8.45. The van der Waals surface area contributed by atoms with Gasteiger partial charge in [0.25, 0.3) is 5.89 Å². The molecule has 0 spiro atoms. The van der Waals surface area contributed by atoms with Crippen LogP contribution in [0.25, 0.3) is 11.1 Å². The maximum atomic E-state index is 14.0. The molecular formula is C40H44F3N3O4. The number of hydrogen-bond donors (Lipinski definition) is 1. The number of primary amides is 1. The molecular weight excluding hydrogens is 643 g/mol. The zero-order valence-electron chi connectivity index (χ0n) is 28.3. The molecule has 2 bridgehead atoms. The van der Waals surface area contributed by atoms with Crippen LogP contribution < -0.4 is 15.4 Å². The van der Waals surface area contributed by atoms with Crippen molar-refractivity contribution < 1.29 is 31.9 Å². The van der Waals surface area contributed by atoms with E-state index in [2.05, 4.69) is 16.8 Å². The molecule has 7 rings (SSSR count). The molecule has 2 N–H and O–H groups in total. The number of piperidine rings is 1. The standard InChI is InChI=1S/C40H44F3N3O4/c1-24-19-29-22-26(21-28(24)20-25-5-7-27(8-6-25)38(44)48)3-2-4-34(29)37(47)39-45-35-14-13-33(23-36(35)50-39)49-32-15-17-46(18-16-32)31-11-9-30(10-12-31)40(41,42)43/h5-14,23-24,26,28-29,32,34H,2-4,15-22H2,1H3,(H2,44,48). The van der Waals surface area contributed by atoms with E-state index >= 15 is 0 Å². The molecule has 4 aromatic rings. The molecule has 5 atom stereocenters. The summed E-state index contributed by atoms with van der Waals surface area (Å²) in [4.78, 5) is 32.3. The molecule has 1 aromatic heterocycles. The van der Waals surface area contributed by atoms with Gasteiger partial charge in [0.1, 0.15) is 17.4 Å². The minimum absolute atomic E-state index is 0.00218. The Balaban J connectivity index is 0.973. The molecule has 7 nitrogen and oxygen atoms in total. The van der Waals surface area contributed by atoms with Gasteiger partial charge in [-0.05, 0) is 110 Å². The summed E-state index contributed by atoms with van der Waals surface area (Å²) < 4.78 is 51.3. The highest BCUT2D eigenvalue weighted by atomic mass is 19.4. The van der Waals surface area contributed by atoms with Gasteiger partial charge in [-0.15, -0.1) is 0 Å². The van der Waals surface area contributed by atoms with Gasteiger partial charge in [0.2, 0.25) is 11.7 Å². The van der Waals surface area contributed by atoms with Gasteiger partial charge in [-0.3, -0.25) is 9.59 Å². The van der Waals surface area contributed by atoms with Gasteiger partial charge in [0, 0.05) is 49.2 Å². The van der Waals surface area contributed by atoms with E-state index in [4.69, 9.17) is 14.9 Å². The summed E-state index contributed by atoms with van der Waals surface area (Å²) in [6, 6.07) is 18.4. The van der Waals surface area contributed by atoms with Crippen LogP contribution in [0.2, 0.25) is 0 Å². The third-order valence-electron chi connectivity index (χ3n) is 11.4. The fraction of sp³-hybridized carbons (Fsp3) is 0.475. The summed E-state index contributed by atoms with van der Waals surface area (Å²) in [6.07, 6.45) is 4.20. The maximum Gasteiger partial charge on any atom is 0.416 e. The van der Waals surface area contributed by atoms with Gasteiger partial charge in [-0.25, -0.2) is 4.98 Å². The van der Waals surface area contributed by atoms with E-state index in [1.54, 1.807) is 6.07 Å². The number of nitrogens with zero attached hydrogens (tertiary/aromatic N) is 2. The summed E-state index contributed by atoms with van der Waals surface area (Å²) in [6.45, 7) is 3.67. The van der Waals surface area contributed by atoms with Crippen molar-refractivity contribution in [2.75, 3.05) is 18.0 Å². The van der Waals surface area contributed by atoms with Crippen molar-refractivity contribution in [2.45, 2.75) is 77.0 Å². The van der Waals surface area contributed by atoms with Crippen molar-refractivity contribution in [2.24, 2.45) is 35.3 Å². The molecule has 2 aliphatic carbocycles. The van der Waals surface area contributed by atoms with Gasteiger partial charge in [0.05, 0.1) is 5.56 Å². The van der Waals surface area contributed by atoms with E-state index in [0.29, 0.717) is 53.3 Å². The number of Topliss-reactive ketones (excluding diaryl/α,β-unsaturated/α-hetero) is 1. The molecule has 1 aliphatic heterocycles. The summed E-state index contributed by atoms with van der Waals surface area (Å²) in [5, 5.41) is 0. The third-order valence-corrected chi connectivity index (χ3v) is 11.4. The second-order valence-electron chi connectivity index (χ2n) is 14.7. The molecule has 264 valence electrons. The fourth-order valence-electron chi connectivity index (χ4n) is 8.64. The molecule has 1 saturated heterocycles. The van der Waals surface area contributed by atoms with Crippen molar-refractivity contribution in [3.05, 3.63) is 89.3 Å². The van der Waals surface area contributed by atoms with E-state index in [9.17, 15) is 22.8 Å². The number of hydrogen-bond acceptors (Lipinski definition) is 6. The highest BCUT2D eigenvalue weighted by Crippen LogP contribution is 2.46. The number of nitrogens with two attached hydrogens (primary N) is 1. The Morgan fingerprint density at radius 1 is 0.940 bits per heavy atom. The Kier molecular flexibility index (Phi) is 9.63. The Bertz CT molecular complexity index is 1810. The van der Waals surface area contributed by atoms with E-state index in [-0.39, 0.29) is 29.6 Å². The number of benzene rings is 3. The lowest BCUT2D eigenvalue weighted by Crippen LogP contribution is -2.38. The minimum Gasteiger partial charge on any atom is -0.490 e. The molecule has 0 radical (unpaired) electrons. The van der Waals surface area contributed by atoms with Crippen LogP contribution in [0.15, 0.2) is 71.1 Å². The number of halogens is 3. The molecule has 50 heavy (non-hydrogen) atoms. The number of aromatic nitrogens is 1. The van der Waals surface area contributed by atoms with Gasteiger partial charge >= 0.3 is 6.18 Å². The Morgan fingerprint density at radius 2 is 1.68 bits per heavy atom. The minimum atomic E-state index is -4.35. The normalized spacial score (nSPS) is 24.8. The van der Waals surface area contributed by atoms with Gasteiger partial charge < -0.3 is 19.8 Å². The first-order chi connectivity index (χ1) is 24.0. The van der Waals surface area contributed by atoms with Crippen LogP contribution >= 0.6 is 0 Å². The van der Waals surface area contributed by atoms with E-state index in [0.717, 1.165) is 75.6 Å². The Labute approximate surface area is 290 Å². The van der Waals surface area contributed by atoms with Crippen molar-refractivity contribution in [3.63, 3.8) is 0 Å². The van der Waals surface area contributed by atoms with Crippen LogP contribution in [0, 0.1) is 29.6 Å². The Morgan fingerprint density at radius 3 is 2.38 bits per heavy atom. The zero-order chi connectivity index (χ0) is 35.0. The number of amides is 1. The van der Waals surface area contributed by atoms with Crippen molar-refractivity contribution in [1.29, 1.82) is 0 Å². The first kappa shape index (κ1) is 34.1. The van der Waals surface area contributed by atoms with Gasteiger partial charge in [-0.1, -0.05) is 31.9 Å². The second kappa shape index (κ2) is 14.1. The summed E-state index contributed by atoms with van der Waals surface area (Å²) in [5.74, 6) is 2.13. The third kappa shape index (κ3) is 7.54. The first-order valence-corrected chi connectivity index (χ1v) is 17.9. The molecule has 3 aromatic carbocycles. The first-order valence-electron chi connectivity index (χ1n) is 17.9. The van der Waals surface area contributed by atoms with Gasteiger partial charge in [0.15, 0.2) is 5.58 Å². The van der Waals surface area contributed by atoms with E-state index in [1.807, 2.05) is 36.4 Å². The number of oxazole rings is 1. The highest BCUT2D eigenvalue weighted by molar-refractivity contribution is 5.96. The predicted molar refractivity (Wildman–Crippen MR) is 185 cm³/mol. The smallest absolute Gasteiger partial charge is 0.416 e. The van der Waals surface area contributed by atoms with Crippen LogP contribution in [-0.4, -0.2) is 35.9 Å². The van der Waals surface area contributed by atoms with Crippen molar-refractivity contribution >= 4 is 28.5 Å². The van der Waals surface area contributed by atoms with Crippen LogP contribution in [0.4, 0.5) is 18.9 Å². The molecule has 3 aliphatic rings. The van der Waals surface area contributed by atoms with Crippen LogP contribution in [0.5, 0.6) is 5.75 Å². The topological polar surface area (TPSA) is 98.7 Å². The van der Waals surface area contributed by atoms with Gasteiger partial charge in [-0.2, -0.15) is 13.2 Å². The lowest BCUT2D eigenvalue weighted by atomic mass is 9.77. The molecule has 5 unspecified atom stereocenters. The molecule has 1 amide bonds. The zero-order valence-corrected chi connectivity index (χ0v) is 28.3. The average Bonchev–Trinajstić information content (AvgIpc) is 3.34. The molecule has 2 saturated carbocycles. The van der Waals surface area contributed by atoms with E-state index in [1.165, 1.54) is 17.7 Å². The molecule has 3 fully saturated rings. The maximum absolute atomic E-state index is 14.0. The fourth-order valence-corrected chi connectivity index (χ4v) is 8.64. The van der Waals surface area contributed by atoms with Crippen molar-refractivity contribution in [3.8, 4) is 5.75 Å². The highest BCUT2D eigenvalue weighted by Gasteiger charge is 2.40. The SMILES string of the molecule is CC1CC2CC(CCCC2C(=O)c2nc3ccc(OC4CCN(c5ccc(C(F)(F)F)cc5)CC4)cc3o2)CC1Cc1ccc(C(N)=O)cc1. The lowest BCUT2D eigenvalue weighted by Gasteiger charge is -2.33. The second-order valence-corrected chi connectivity index (χ2v) is 14.7. The lowest BCUT2D eigenvalue weighted by molar-refractivity contribution is -0.137. The number of fused-ring (bicyclic) bond motifs is 3. The number of ketones is 1. The summed E-state index contributed by atoms with van der Waals surface area (Å²) >= 11 is 0. The monoisotopic (exact) mass is 687 g/mol. The molecule has 2 heterocycles. The number of rotatable bonds is 8. The number of carbonyl (C=O) groups is 2. The van der Waals surface area contributed by atoms with Crippen LogP contribution in [-0.2, 0) is 12.6 Å². The quantitative estimate of drug-likeness (QED) is 0.186. The van der Waals surface area contributed by atoms with E-state index < -0.39 is 17.6 Å². The number of alkyl halides is 3. The summed E-state index contributed by atoms with van der Waals surface area (Å²) in [7, 11) is 0. The predicted octanol–water partition coefficient (Wildman–Crippen LogP) is 8.89. The van der Waals surface area contributed by atoms with Crippen LogP contribution in [0.1, 0.15) is 90.5 Å². The number of anilines is 1. The number of carbonyl (C=O) groups excluding carboxylic acids is 2. The molecule has 10 heteroatoms.